The predicted molar refractivity (Wildman–Crippen MR) is 51.9 cm³/mol. The van der Waals surface area contributed by atoms with Gasteiger partial charge in [0.05, 0.1) is 6.10 Å². The first kappa shape index (κ1) is 10.3. The minimum Gasteiger partial charge on any atom is -0.392 e. The summed E-state index contributed by atoms with van der Waals surface area (Å²) in [7, 11) is 0. The van der Waals surface area contributed by atoms with Crippen molar-refractivity contribution in [2.45, 2.75) is 30.2 Å². The molecule has 0 saturated carbocycles. The van der Waals surface area contributed by atoms with Gasteiger partial charge in [-0.25, -0.2) is 4.98 Å². The Kier molecular flexibility index (Phi) is 3.50. The van der Waals surface area contributed by atoms with Gasteiger partial charge in [-0.2, -0.15) is 0 Å². The van der Waals surface area contributed by atoms with Crippen molar-refractivity contribution in [3.8, 4) is 0 Å². The molecular formula is C8H12N2O2S. The van der Waals surface area contributed by atoms with Crippen LogP contribution in [0.5, 0.6) is 0 Å². The minimum atomic E-state index is -0.452. The second-order valence-corrected chi connectivity index (χ2v) is 4.15. The van der Waals surface area contributed by atoms with Gasteiger partial charge in [0.25, 0.3) is 5.56 Å². The first-order chi connectivity index (χ1) is 6.11. The van der Waals surface area contributed by atoms with E-state index in [-0.39, 0.29) is 10.8 Å². The van der Waals surface area contributed by atoms with Crippen LogP contribution in [0.3, 0.4) is 0 Å². The molecule has 72 valence electrons. The molecule has 1 rings (SSSR count). The van der Waals surface area contributed by atoms with E-state index < -0.39 is 6.10 Å². The summed E-state index contributed by atoms with van der Waals surface area (Å²) >= 11 is 1.27. The Bertz CT molecular complexity index is 324. The summed E-state index contributed by atoms with van der Waals surface area (Å²) in [6, 6.07) is 0. The summed E-state index contributed by atoms with van der Waals surface area (Å²) in [4.78, 5) is 17.6. The van der Waals surface area contributed by atoms with Crippen LogP contribution in [-0.2, 0) is 0 Å². The zero-order valence-electron chi connectivity index (χ0n) is 7.52. The van der Waals surface area contributed by atoms with E-state index in [4.69, 9.17) is 0 Å². The molecule has 0 aliphatic heterocycles. The highest BCUT2D eigenvalue weighted by Crippen LogP contribution is 2.19. The number of aromatic amines is 1. The number of aliphatic hydroxyl groups is 1. The number of nitrogens with one attached hydrogen (secondary N) is 1. The molecular weight excluding hydrogens is 188 g/mol. The van der Waals surface area contributed by atoms with Crippen molar-refractivity contribution in [3.05, 3.63) is 22.7 Å². The van der Waals surface area contributed by atoms with Crippen molar-refractivity contribution in [1.29, 1.82) is 0 Å². The maximum Gasteiger partial charge on any atom is 0.280 e. The third kappa shape index (κ3) is 2.86. The summed E-state index contributed by atoms with van der Waals surface area (Å²) in [6.45, 7) is 3.54. The molecule has 2 N–H and O–H groups in total. The zero-order chi connectivity index (χ0) is 9.84. The van der Waals surface area contributed by atoms with E-state index in [1.807, 2.05) is 6.92 Å². The largest absolute Gasteiger partial charge is 0.392 e. The van der Waals surface area contributed by atoms with Crippen LogP contribution < -0.4 is 5.56 Å². The van der Waals surface area contributed by atoms with Gasteiger partial charge in [0.2, 0.25) is 0 Å². The average molecular weight is 200 g/mol. The molecule has 1 heterocycles. The van der Waals surface area contributed by atoms with E-state index in [0.29, 0.717) is 5.03 Å². The number of aliphatic hydroxyl groups excluding tert-OH is 1. The third-order valence-corrected chi connectivity index (χ3v) is 2.93. The Hall–Kier alpha value is -0.810. The second-order valence-electron chi connectivity index (χ2n) is 2.79. The Labute approximate surface area is 80.4 Å². The Morgan fingerprint density at radius 3 is 2.85 bits per heavy atom. The molecule has 4 nitrogen and oxygen atoms in total. The van der Waals surface area contributed by atoms with Crippen LogP contribution in [0.4, 0.5) is 0 Å². The molecule has 0 aliphatic carbocycles. The van der Waals surface area contributed by atoms with Gasteiger partial charge in [-0.05, 0) is 6.92 Å². The van der Waals surface area contributed by atoms with Gasteiger partial charge >= 0.3 is 0 Å². The molecule has 0 amide bonds. The molecule has 0 fully saturated rings. The summed E-state index contributed by atoms with van der Waals surface area (Å²) < 4.78 is 0. The molecule has 1 aromatic rings. The molecule has 0 spiro atoms. The molecule has 5 heteroatoms. The lowest BCUT2D eigenvalue weighted by molar-refractivity contribution is 0.196. The van der Waals surface area contributed by atoms with Crippen molar-refractivity contribution >= 4 is 11.8 Å². The van der Waals surface area contributed by atoms with E-state index in [2.05, 4.69) is 9.97 Å². The quantitative estimate of drug-likeness (QED) is 0.702. The molecule has 0 bridgehead atoms. The molecule has 2 unspecified atom stereocenters. The van der Waals surface area contributed by atoms with Crippen LogP contribution in [0.25, 0.3) is 0 Å². The molecule has 0 radical (unpaired) electrons. The Balaban J connectivity index is 2.75. The first-order valence-corrected chi connectivity index (χ1v) is 4.87. The maximum absolute atomic E-state index is 11.2. The Morgan fingerprint density at radius 1 is 1.62 bits per heavy atom. The van der Waals surface area contributed by atoms with Crippen LogP contribution in [-0.4, -0.2) is 26.4 Å². The van der Waals surface area contributed by atoms with Gasteiger partial charge in [-0.1, -0.05) is 18.7 Å². The lowest BCUT2D eigenvalue weighted by Crippen LogP contribution is -2.18. The van der Waals surface area contributed by atoms with Gasteiger partial charge in [0.1, 0.15) is 0 Å². The van der Waals surface area contributed by atoms with Gasteiger partial charge < -0.3 is 10.1 Å². The monoisotopic (exact) mass is 200 g/mol. The van der Waals surface area contributed by atoms with Crippen LogP contribution in [0, 0.1) is 0 Å². The zero-order valence-corrected chi connectivity index (χ0v) is 8.34. The number of H-pyrrole nitrogens is 1. The molecule has 0 aromatic carbocycles. The number of hydrogen-bond donors (Lipinski definition) is 2. The molecule has 13 heavy (non-hydrogen) atoms. The molecule has 2 atom stereocenters. The fourth-order valence-corrected chi connectivity index (χ4v) is 1.53. The number of aromatic nitrogens is 2. The number of rotatable bonds is 3. The fraction of sp³-hybridized carbons (Fsp3) is 0.500. The maximum atomic E-state index is 11.2. The van der Waals surface area contributed by atoms with Gasteiger partial charge in [0, 0.05) is 17.6 Å². The van der Waals surface area contributed by atoms with Crippen molar-refractivity contribution in [3.63, 3.8) is 0 Å². The highest BCUT2D eigenvalue weighted by atomic mass is 32.2. The second kappa shape index (κ2) is 4.43. The van der Waals surface area contributed by atoms with E-state index >= 15 is 0 Å². The summed E-state index contributed by atoms with van der Waals surface area (Å²) in [5, 5.41) is 9.58. The van der Waals surface area contributed by atoms with Gasteiger partial charge in [-0.3, -0.25) is 4.79 Å². The first-order valence-electron chi connectivity index (χ1n) is 3.99. The average Bonchev–Trinajstić information content (AvgIpc) is 2.08. The highest BCUT2D eigenvalue weighted by Gasteiger charge is 2.12. The molecule has 0 aliphatic rings. The standard InChI is InChI=1S/C8H12N2O2S/c1-5(11)6(2)13-8-7(12)9-3-4-10-8/h3-6,11H,1-2H3,(H,9,12). The smallest absolute Gasteiger partial charge is 0.280 e. The van der Waals surface area contributed by atoms with Crippen LogP contribution in [0.15, 0.2) is 22.2 Å². The van der Waals surface area contributed by atoms with Crippen molar-refractivity contribution in [1.82, 2.24) is 9.97 Å². The number of hydrogen-bond acceptors (Lipinski definition) is 4. The SMILES string of the molecule is CC(O)C(C)Sc1ncc[nH]c1=O. The summed E-state index contributed by atoms with van der Waals surface area (Å²) in [5.74, 6) is 0. The predicted octanol–water partition coefficient (Wildman–Crippen LogP) is 0.631. The number of nitrogens with zero attached hydrogens (tertiary/aromatic N) is 1. The van der Waals surface area contributed by atoms with Crippen molar-refractivity contribution < 1.29 is 5.11 Å². The third-order valence-electron chi connectivity index (χ3n) is 1.65. The lowest BCUT2D eigenvalue weighted by atomic mass is 10.3. The minimum absolute atomic E-state index is 0.0315. The topological polar surface area (TPSA) is 66.0 Å². The van der Waals surface area contributed by atoms with Crippen LogP contribution >= 0.6 is 11.8 Å². The van der Waals surface area contributed by atoms with E-state index in [9.17, 15) is 9.90 Å². The van der Waals surface area contributed by atoms with Crippen molar-refractivity contribution in [2.75, 3.05) is 0 Å². The van der Waals surface area contributed by atoms with Crippen LogP contribution in [0.1, 0.15) is 13.8 Å². The lowest BCUT2D eigenvalue weighted by Gasteiger charge is -2.11. The highest BCUT2D eigenvalue weighted by molar-refractivity contribution is 7.99. The van der Waals surface area contributed by atoms with Crippen molar-refractivity contribution in [2.24, 2.45) is 0 Å². The summed E-state index contributed by atoms with van der Waals surface area (Å²) in [6.07, 6.45) is 2.56. The van der Waals surface area contributed by atoms with Gasteiger partial charge in [0.15, 0.2) is 5.03 Å². The fourth-order valence-electron chi connectivity index (χ4n) is 0.697. The van der Waals surface area contributed by atoms with Gasteiger partial charge in [-0.15, -0.1) is 0 Å². The van der Waals surface area contributed by atoms with Crippen LogP contribution in [0.2, 0.25) is 0 Å². The molecule has 0 saturated heterocycles. The van der Waals surface area contributed by atoms with E-state index in [1.54, 1.807) is 6.92 Å². The normalized spacial score (nSPS) is 15.3. The number of thioether (sulfide) groups is 1. The summed E-state index contributed by atoms with van der Waals surface area (Å²) in [5.41, 5.74) is -0.208. The van der Waals surface area contributed by atoms with E-state index in [1.165, 1.54) is 24.2 Å². The van der Waals surface area contributed by atoms with E-state index in [0.717, 1.165) is 0 Å². The molecule has 1 aromatic heterocycles. The Morgan fingerprint density at radius 2 is 2.31 bits per heavy atom.